The van der Waals surface area contributed by atoms with Crippen LogP contribution >= 0.6 is 0 Å². The summed E-state index contributed by atoms with van der Waals surface area (Å²) in [6, 6.07) is 5.44. The number of imidazole rings is 1. The number of aryl methyl sites for hydroxylation is 1. The Bertz CT molecular complexity index is 1060. The monoisotopic (exact) mass is 424 g/mol. The number of nitrogens with one attached hydrogen (secondary N) is 1. The average molecular weight is 424 g/mol. The molecule has 2 saturated heterocycles. The number of likely N-dealkylation sites (tertiary alicyclic amines) is 1. The van der Waals surface area contributed by atoms with Gasteiger partial charge in [0.1, 0.15) is 23.3 Å². The summed E-state index contributed by atoms with van der Waals surface area (Å²) in [5, 5.41) is 3.07. The van der Waals surface area contributed by atoms with Gasteiger partial charge in [-0.15, -0.1) is 0 Å². The van der Waals surface area contributed by atoms with E-state index in [4.69, 9.17) is 4.74 Å². The van der Waals surface area contributed by atoms with Crippen LogP contribution in [0.25, 0.3) is 0 Å². The number of fused-ring (bicyclic) bond motifs is 1. The highest BCUT2D eigenvalue weighted by Gasteiger charge is 2.67. The molecule has 1 spiro atoms. The summed E-state index contributed by atoms with van der Waals surface area (Å²) in [7, 11) is 1.84. The van der Waals surface area contributed by atoms with Gasteiger partial charge in [0.05, 0.1) is 24.5 Å². The van der Waals surface area contributed by atoms with Crippen LogP contribution in [0.5, 0.6) is 0 Å². The van der Waals surface area contributed by atoms with Crippen molar-refractivity contribution in [2.75, 3.05) is 6.54 Å². The second-order valence-corrected chi connectivity index (χ2v) is 8.85. The van der Waals surface area contributed by atoms with Gasteiger partial charge in [0.25, 0.3) is 0 Å². The van der Waals surface area contributed by atoms with E-state index in [1.54, 1.807) is 29.4 Å². The maximum Gasteiger partial charge on any atom is 0.230 e. The summed E-state index contributed by atoms with van der Waals surface area (Å²) in [6.07, 6.45) is 6.85. The first-order chi connectivity index (χ1) is 14.8. The van der Waals surface area contributed by atoms with Crippen molar-refractivity contribution < 1.29 is 18.7 Å². The quantitative estimate of drug-likeness (QED) is 0.745. The van der Waals surface area contributed by atoms with Crippen molar-refractivity contribution in [1.29, 1.82) is 0 Å². The molecule has 162 valence electrons. The van der Waals surface area contributed by atoms with Crippen LogP contribution in [0.15, 0.2) is 48.8 Å². The van der Waals surface area contributed by atoms with Crippen molar-refractivity contribution in [3.05, 3.63) is 66.0 Å². The third-order valence-electron chi connectivity index (χ3n) is 6.66. The Balaban J connectivity index is 1.46. The van der Waals surface area contributed by atoms with Gasteiger partial charge in [-0.1, -0.05) is 24.3 Å². The number of benzene rings is 1. The predicted octanol–water partition coefficient (Wildman–Crippen LogP) is 1.96. The topological polar surface area (TPSA) is 76.5 Å². The third kappa shape index (κ3) is 3.00. The molecular weight excluding hydrogens is 399 g/mol. The number of nitrogens with zero attached hydrogens (tertiary/aromatic N) is 3. The van der Waals surface area contributed by atoms with Crippen molar-refractivity contribution >= 4 is 11.8 Å². The molecule has 4 heterocycles. The average Bonchev–Trinajstić information content (AvgIpc) is 3.48. The molecule has 2 bridgehead atoms. The van der Waals surface area contributed by atoms with E-state index < -0.39 is 29.6 Å². The number of ether oxygens (including phenoxy) is 1. The van der Waals surface area contributed by atoms with E-state index in [1.807, 2.05) is 37.6 Å². The molecule has 0 saturated carbocycles. The summed E-state index contributed by atoms with van der Waals surface area (Å²) in [6.45, 7) is 4.39. The molecule has 1 N–H and O–H groups in total. The minimum Gasteiger partial charge on any atom is -0.360 e. The molecular formula is C23H25FN4O3. The van der Waals surface area contributed by atoms with Gasteiger partial charge in [-0.05, 0) is 31.5 Å². The molecule has 2 aromatic rings. The molecule has 5 rings (SSSR count). The lowest BCUT2D eigenvalue weighted by atomic mass is 9.76. The summed E-state index contributed by atoms with van der Waals surface area (Å²) in [5.74, 6) is -1.21. The van der Waals surface area contributed by atoms with E-state index >= 15 is 0 Å². The molecule has 31 heavy (non-hydrogen) atoms. The predicted molar refractivity (Wildman–Crippen MR) is 110 cm³/mol. The summed E-state index contributed by atoms with van der Waals surface area (Å²) in [5.41, 5.74) is -0.0252. The Morgan fingerprint density at radius 1 is 1.32 bits per heavy atom. The Morgan fingerprint density at radius 3 is 2.71 bits per heavy atom. The molecule has 7 nitrogen and oxygen atoms in total. The number of carbonyl (C=O) groups is 2. The minimum absolute atomic E-state index is 0.0340. The largest absolute Gasteiger partial charge is 0.360 e. The van der Waals surface area contributed by atoms with Crippen molar-refractivity contribution in [1.82, 2.24) is 19.8 Å². The van der Waals surface area contributed by atoms with Crippen LogP contribution in [0.3, 0.4) is 0 Å². The maximum absolute atomic E-state index is 13.5. The Labute approximate surface area is 179 Å². The molecule has 0 radical (unpaired) electrons. The van der Waals surface area contributed by atoms with Crippen LogP contribution in [0.2, 0.25) is 0 Å². The molecule has 1 aromatic carbocycles. The van der Waals surface area contributed by atoms with E-state index in [2.05, 4.69) is 10.3 Å². The minimum atomic E-state index is -0.734. The number of hydrogen-bond donors (Lipinski definition) is 1. The lowest BCUT2D eigenvalue weighted by Crippen LogP contribution is -2.45. The van der Waals surface area contributed by atoms with E-state index in [-0.39, 0.29) is 23.7 Å². The van der Waals surface area contributed by atoms with E-state index in [0.29, 0.717) is 17.9 Å². The van der Waals surface area contributed by atoms with Crippen molar-refractivity contribution in [2.24, 2.45) is 18.9 Å². The molecule has 0 aliphatic carbocycles. The van der Waals surface area contributed by atoms with Crippen LogP contribution in [0.1, 0.15) is 31.3 Å². The van der Waals surface area contributed by atoms with E-state index in [9.17, 15) is 14.0 Å². The highest BCUT2D eigenvalue weighted by Crippen LogP contribution is 2.52. The fourth-order valence-corrected chi connectivity index (χ4v) is 5.11. The van der Waals surface area contributed by atoms with Crippen molar-refractivity contribution in [3.8, 4) is 0 Å². The molecule has 0 unspecified atom stereocenters. The SMILES string of the molecule is CC(C)N1C[C@@]23C=C[C@@H](O2)[C@H](C(=O)N[C@@H](c2ccc(F)cc2)c2nccn2C)[C@@H]3C1=O. The third-order valence-corrected chi connectivity index (χ3v) is 6.66. The van der Waals surface area contributed by atoms with Gasteiger partial charge in [0.15, 0.2) is 0 Å². The van der Waals surface area contributed by atoms with E-state index in [1.165, 1.54) is 12.1 Å². The van der Waals surface area contributed by atoms with Gasteiger partial charge in [-0.2, -0.15) is 0 Å². The van der Waals surface area contributed by atoms with Crippen molar-refractivity contribution in [3.63, 3.8) is 0 Å². The lowest BCUT2D eigenvalue weighted by Gasteiger charge is -2.27. The molecule has 3 aliphatic rings. The van der Waals surface area contributed by atoms with Gasteiger partial charge in [-0.25, -0.2) is 9.37 Å². The van der Waals surface area contributed by atoms with Crippen LogP contribution in [0.4, 0.5) is 4.39 Å². The number of rotatable bonds is 5. The fourth-order valence-electron chi connectivity index (χ4n) is 5.11. The first-order valence-corrected chi connectivity index (χ1v) is 10.5. The molecule has 1 aromatic heterocycles. The molecule has 5 atom stereocenters. The summed E-state index contributed by atoms with van der Waals surface area (Å²) in [4.78, 5) is 32.9. The van der Waals surface area contributed by atoms with Gasteiger partial charge in [-0.3, -0.25) is 9.59 Å². The fraction of sp³-hybridized carbons (Fsp3) is 0.435. The van der Waals surface area contributed by atoms with Crippen molar-refractivity contribution in [2.45, 2.75) is 37.6 Å². The normalized spacial score (nSPS) is 29.6. The highest BCUT2D eigenvalue weighted by molar-refractivity contribution is 5.93. The summed E-state index contributed by atoms with van der Waals surface area (Å²) >= 11 is 0. The Morgan fingerprint density at radius 2 is 2.06 bits per heavy atom. The second kappa shape index (κ2) is 7.02. The van der Waals surface area contributed by atoms with Gasteiger partial charge in [0, 0.05) is 25.5 Å². The number of halogens is 1. The second-order valence-electron chi connectivity index (χ2n) is 8.85. The zero-order valence-electron chi connectivity index (χ0n) is 17.7. The standard InChI is InChI=1S/C23H25FN4O3/c1-13(2)28-12-23-9-8-16(31-23)17(18(23)22(28)30)21(29)26-19(20-25-10-11-27(20)3)14-4-6-15(24)7-5-14/h4-11,13,16-19H,12H2,1-3H3,(H,26,29)/t16-,17+,18-,19+,23-/m1/s1. The summed E-state index contributed by atoms with van der Waals surface area (Å²) < 4.78 is 21.5. The van der Waals surface area contributed by atoms with E-state index in [0.717, 1.165) is 0 Å². The smallest absolute Gasteiger partial charge is 0.230 e. The number of hydrogen-bond acceptors (Lipinski definition) is 4. The first-order valence-electron chi connectivity index (χ1n) is 10.5. The molecule has 3 aliphatic heterocycles. The Hall–Kier alpha value is -3.00. The van der Waals surface area contributed by atoms with Crippen LogP contribution in [0, 0.1) is 17.7 Å². The van der Waals surface area contributed by atoms with Crippen LogP contribution in [-0.2, 0) is 21.4 Å². The van der Waals surface area contributed by atoms with Crippen LogP contribution in [-0.4, -0.2) is 50.6 Å². The maximum atomic E-state index is 13.5. The molecule has 2 fully saturated rings. The first kappa shape index (κ1) is 19.9. The van der Waals surface area contributed by atoms with Gasteiger partial charge >= 0.3 is 0 Å². The number of aromatic nitrogens is 2. The van der Waals surface area contributed by atoms with Gasteiger partial charge in [0.2, 0.25) is 11.8 Å². The van der Waals surface area contributed by atoms with Gasteiger partial charge < -0.3 is 19.5 Å². The zero-order valence-corrected chi connectivity index (χ0v) is 17.7. The zero-order chi connectivity index (χ0) is 21.9. The highest BCUT2D eigenvalue weighted by atomic mass is 19.1. The number of carbonyl (C=O) groups excluding carboxylic acids is 2. The Kier molecular flexibility index (Phi) is 4.51. The molecule has 2 amide bonds. The molecule has 8 heteroatoms. The lowest BCUT2D eigenvalue weighted by molar-refractivity contribution is -0.138. The van der Waals surface area contributed by atoms with Crippen LogP contribution < -0.4 is 5.32 Å². The number of amides is 2.